The van der Waals surface area contributed by atoms with Crippen molar-refractivity contribution in [3.63, 3.8) is 0 Å². The fourth-order valence-electron chi connectivity index (χ4n) is 5.75. The molecule has 5 unspecified atom stereocenters. The number of guanidine groups is 1. The van der Waals surface area contributed by atoms with E-state index in [1.807, 2.05) is 14.0 Å². The summed E-state index contributed by atoms with van der Waals surface area (Å²) in [6, 6.07) is 4.49. The van der Waals surface area contributed by atoms with Gasteiger partial charge in [0.15, 0.2) is 5.96 Å². The Labute approximate surface area is 161 Å². The van der Waals surface area contributed by atoms with E-state index in [9.17, 15) is 0 Å². The van der Waals surface area contributed by atoms with Crippen LogP contribution in [0.25, 0.3) is 0 Å². The Morgan fingerprint density at radius 3 is 2.48 bits per heavy atom. The summed E-state index contributed by atoms with van der Waals surface area (Å²) in [7, 11) is 1.91. The van der Waals surface area contributed by atoms with Gasteiger partial charge in [-0.3, -0.25) is 9.89 Å². The van der Waals surface area contributed by atoms with Crippen molar-refractivity contribution >= 4 is 5.96 Å². The van der Waals surface area contributed by atoms with Crippen molar-refractivity contribution < 1.29 is 9.15 Å². The van der Waals surface area contributed by atoms with Crippen molar-refractivity contribution in [2.45, 2.75) is 50.9 Å². The van der Waals surface area contributed by atoms with Gasteiger partial charge in [-0.15, -0.1) is 0 Å². The third kappa shape index (κ3) is 3.17. The molecule has 5 atom stereocenters. The maximum absolute atomic E-state index is 6.12. The number of nitrogens with one attached hydrogen (secondary N) is 1. The second-order valence-corrected chi connectivity index (χ2v) is 8.66. The Bertz CT molecular complexity index is 678. The highest BCUT2D eigenvalue weighted by atomic mass is 16.5. The Kier molecular flexibility index (Phi) is 4.64. The SMILES string of the molecule is CN=C(NCC(c1ccc(C)o1)N1CCCC1)N1CC2C3CCC(O3)C2C1. The van der Waals surface area contributed by atoms with Gasteiger partial charge in [0.2, 0.25) is 0 Å². The molecular formula is C21H32N4O2. The first kappa shape index (κ1) is 17.6. The van der Waals surface area contributed by atoms with Crippen LogP contribution in [0.3, 0.4) is 0 Å². The van der Waals surface area contributed by atoms with Gasteiger partial charge >= 0.3 is 0 Å². The van der Waals surface area contributed by atoms with Gasteiger partial charge in [-0.2, -0.15) is 0 Å². The Morgan fingerprint density at radius 1 is 1.19 bits per heavy atom. The summed E-state index contributed by atoms with van der Waals surface area (Å²) in [5.74, 6) is 4.49. The van der Waals surface area contributed by atoms with Gasteiger partial charge in [0.05, 0.1) is 18.2 Å². The number of aliphatic imine (C=N–C) groups is 1. The molecule has 0 spiro atoms. The predicted octanol–water partition coefficient (Wildman–Crippen LogP) is 2.41. The van der Waals surface area contributed by atoms with E-state index in [1.54, 1.807) is 0 Å². The molecule has 4 aliphatic rings. The topological polar surface area (TPSA) is 53.2 Å². The number of ether oxygens (including phenoxy) is 1. The van der Waals surface area contributed by atoms with Crippen molar-refractivity contribution in [1.82, 2.24) is 15.1 Å². The van der Waals surface area contributed by atoms with Crippen molar-refractivity contribution in [3.05, 3.63) is 23.7 Å². The lowest BCUT2D eigenvalue weighted by atomic mass is 9.82. The molecule has 6 nitrogen and oxygen atoms in total. The third-order valence-corrected chi connectivity index (χ3v) is 7.09. The van der Waals surface area contributed by atoms with Crippen LogP contribution in [0, 0.1) is 18.8 Å². The minimum absolute atomic E-state index is 0.277. The number of aryl methyl sites for hydroxylation is 1. The predicted molar refractivity (Wildman–Crippen MR) is 105 cm³/mol. The Hall–Kier alpha value is -1.53. The largest absolute Gasteiger partial charge is 0.465 e. The molecule has 5 rings (SSSR count). The molecule has 1 aromatic heterocycles. The number of rotatable bonds is 4. The van der Waals surface area contributed by atoms with Crippen LogP contribution in [0.1, 0.15) is 43.2 Å². The van der Waals surface area contributed by atoms with E-state index in [2.05, 4.69) is 32.2 Å². The molecule has 1 N–H and O–H groups in total. The summed E-state index contributed by atoms with van der Waals surface area (Å²) in [4.78, 5) is 9.61. The molecule has 4 saturated heterocycles. The molecule has 0 aromatic carbocycles. The lowest BCUT2D eigenvalue weighted by molar-refractivity contribution is 0.0766. The van der Waals surface area contributed by atoms with Crippen LogP contribution in [0.4, 0.5) is 0 Å². The molecule has 4 aliphatic heterocycles. The molecular weight excluding hydrogens is 340 g/mol. The number of nitrogens with zero attached hydrogens (tertiary/aromatic N) is 3. The molecule has 2 bridgehead atoms. The van der Waals surface area contributed by atoms with Gasteiger partial charge in [0.1, 0.15) is 11.5 Å². The molecule has 1 aromatic rings. The van der Waals surface area contributed by atoms with E-state index in [0.29, 0.717) is 24.0 Å². The van der Waals surface area contributed by atoms with E-state index in [1.165, 1.54) is 25.7 Å². The fourth-order valence-corrected chi connectivity index (χ4v) is 5.75. The molecule has 4 fully saturated rings. The maximum Gasteiger partial charge on any atom is 0.193 e. The third-order valence-electron chi connectivity index (χ3n) is 7.09. The van der Waals surface area contributed by atoms with Crippen molar-refractivity contribution in [2.75, 3.05) is 39.8 Å². The summed E-state index contributed by atoms with van der Waals surface area (Å²) < 4.78 is 12.1. The molecule has 148 valence electrons. The fraction of sp³-hybridized carbons (Fsp3) is 0.762. The summed E-state index contributed by atoms with van der Waals surface area (Å²) in [5.41, 5.74) is 0. The molecule has 0 saturated carbocycles. The number of likely N-dealkylation sites (tertiary alicyclic amines) is 2. The second kappa shape index (κ2) is 7.13. The Morgan fingerprint density at radius 2 is 1.89 bits per heavy atom. The number of furan rings is 1. The number of hydrogen-bond acceptors (Lipinski definition) is 4. The van der Waals surface area contributed by atoms with E-state index in [0.717, 1.165) is 50.2 Å². The highest BCUT2D eigenvalue weighted by Crippen LogP contribution is 2.47. The van der Waals surface area contributed by atoms with Gasteiger partial charge in [0, 0.05) is 38.5 Å². The van der Waals surface area contributed by atoms with Gasteiger partial charge in [-0.25, -0.2) is 0 Å². The van der Waals surface area contributed by atoms with Crippen LogP contribution in [0.2, 0.25) is 0 Å². The highest BCUT2D eigenvalue weighted by molar-refractivity contribution is 5.80. The van der Waals surface area contributed by atoms with Crippen molar-refractivity contribution in [1.29, 1.82) is 0 Å². The highest BCUT2D eigenvalue weighted by Gasteiger charge is 2.53. The summed E-state index contributed by atoms with van der Waals surface area (Å²) in [6.45, 7) is 7.34. The lowest BCUT2D eigenvalue weighted by Crippen LogP contribution is -2.45. The van der Waals surface area contributed by atoms with Crippen LogP contribution in [0.5, 0.6) is 0 Å². The van der Waals surface area contributed by atoms with Crippen molar-refractivity contribution in [2.24, 2.45) is 16.8 Å². The van der Waals surface area contributed by atoms with Crippen LogP contribution in [-0.2, 0) is 4.74 Å². The molecule has 5 heterocycles. The van der Waals surface area contributed by atoms with E-state index in [-0.39, 0.29) is 6.04 Å². The lowest BCUT2D eigenvalue weighted by Gasteiger charge is -2.29. The second-order valence-electron chi connectivity index (χ2n) is 8.66. The van der Waals surface area contributed by atoms with Crippen LogP contribution in [0.15, 0.2) is 21.5 Å². The monoisotopic (exact) mass is 372 g/mol. The molecule has 0 radical (unpaired) electrons. The quantitative estimate of drug-likeness (QED) is 0.650. The molecule has 6 heteroatoms. The summed E-state index contributed by atoms with van der Waals surface area (Å²) in [6.07, 6.45) is 6.05. The van der Waals surface area contributed by atoms with Crippen LogP contribution in [-0.4, -0.2) is 67.7 Å². The van der Waals surface area contributed by atoms with E-state index < -0.39 is 0 Å². The number of fused-ring (bicyclic) bond motifs is 5. The first-order chi connectivity index (χ1) is 13.2. The zero-order valence-corrected chi connectivity index (χ0v) is 16.6. The molecule has 0 amide bonds. The summed E-state index contributed by atoms with van der Waals surface area (Å²) >= 11 is 0. The average molecular weight is 373 g/mol. The van der Waals surface area contributed by atoms with Gasteiger partial charge in [-0.1, -0.05) is 0 Å². The number of hydrogen-bond donors (Lipinski definition) is 1. The van der Waals surface area contributed by atoms with Gasteiger partial charge in [0.25, 0.3) is 0 Å². The Balaban J connectivity index is 1.25. The van der Waals surface area contributed by atoms with Crippen LogP contribution >= 0.6 is 0 Å². The van der Waals surface area contributed by atoms with Crippen LogP contribution < -0.4 is 5.32 Å². The average Bonchev–Trinajstić information content (AvgIpc) is 3.47. The zero-order valence-electron chi connectivity index (χ0n) is 16.6. The minimum Gasteiger partial charge on any atom is -0.465 e. The van der Waals surface area contributed by atoms with E-state index >= 15 is 0 Å². The molecule has 27 heavy (non-hydrogen) atoms. The van der Waals surface area contributed by atoms with Gasteiger partial charge < -0.3 is 19.4 Å². The minimum atomic E-state index is 0.277. The first-order valence-electron chi connectivity index (χ1n) is 10.6. The molecule has 0 aliphatic carbocycles. The summed E-state index contributed by atoms with van der Waals surface area (Å²) in [5, 5.41) is 3.67. The van der Waals surface area contributed by atoms with E-state index in [4.69, 9.17) is 9.15 Å². The maximum atomic E-state index is 6.12. The normalized spacial score (nSPS) is 34.4. The first-order valence-corrected chi connectivity index (χ1v) is 10.6. The standard InChI is InChI=1S/C21H32N4O2/c1-14-5-6-20(26-14)17(24-9-3-4-10-24)11-23-21(22-2)25-12-15-16(13-25)19-8-7-18(15)27-19/h5-6,15-19H,3-4,7-13H2,1-2H3,(H,22,23). The van der Waals surface area contributed by atoms with Gasteiger partial charge in [-0.05, 0) is 57.8 Å². The van der Waals surface area contributed by atoms with Crippen molar-refractivity contribution in [3.8, 4) is 0 Å². The zero-order chi connectivity index (χ0) is 18.4. The smallest absolute Gasteiger partial charge is 0.193 e.